The summed E-state index contributed by atoms with van der Waals surface area (Å²) in [5.74, 6) is -3.40. The maximum Gasteiger partial charge on any atom is 0.407 e. The van der Waals surface area contributed by atoms with Crippen molar-refractivity contribution < 1.29 is 41.8 Å². The van der Waals surface area contributed by atoms with E-state index in [0.29, 0.717) is 18.6 Å². The maximum absolute atomic E-state index is 13.9. The first-order valence-electron chi connectivity index (χ1n) is 12.7. The molecular weight excluding hydrogens is 517 g/mol. The fourth-order valence-corrected chi connectivity index (χ4v) is 3.37. The largest absolute Gasteiger partial charge is 0.493 e. The molecule has 0 unspecified atom stereocenters. The molecule has 0 spiro atoms. The number of rotatable bonds is 15. The predicted molar refractivity (Wildman–Crippen MR) is 139 cm³/mol. The van der Waals surface area contributed by atoms with Crippen LogP contribution in [-0.4, -0.2) is 55.9 Å². The van der Waals surface area contributed by atoms with Crippen LogP contribution >= 0.6 is 0 Å². The molecular formula is C28H35F3N2O6. The van der Waals surface area contributed by atoms with Crippen molar-refractivity contribution in [3.63, 3.8) is 0 Å². The highest BCUT2D eigenvalue weighted by Crippen LogP contribution is 2.21. The normalized spacial score (nSPS) is 11.8. The highest BCUT2D eigenvalue weighted by molar-refractivity contribution is 5.98. The van der Waals surface area contributed by atoms with Gasteiger partial charge in [-0.2, -0.15) is 0 Å². The maximum atomic E-state index is 13.9. The van der Waals surface area contributed by atoms with Crippen LogP contribution in [0.3, 0.4) is 0 Å². The summed E-state index contributed by atoms with van der Waals surface area (Å²) in [6, 6.07) is 8.33. The quantitative estimate of drug-likeness (QED) is 0.297. The summed E-state index contributed by atoms with van der Waals surface area (Å²) in [7, 11) is 0. The van der Waals surface area contributed by atoms with Crippen LogP contribution in [0.5, 0.6) is 11.5 Å². The number of alkyl halides is 1. The Hall–Kier alpha value is -3.76. The number of halogens is 3. The van der Waals surface area contributed by atoms with Gasteiger partial charge in [0.2, 0.25) is 0 Å². The van der Waals surface area contributed by atoms with Crippen molar-refractivity contribution in [2.24, 2.45) is 0 Å². The number of nitrogens with one attached hydrogen (secondary N) is 2. The van der Waals surface area contributed by atoms with Crippen molar-refractivity contribution in [1.82, 2.24) is 10.6 Å². The second-order valence-corrected chi connectivity index (χ2v) is 9.68. The Morgan fingerprint density at radius 1 is 0.949 bits per heavy atom. The summed E-state index contributed by atoms with van der Waals surface area (Å²) in [5.41, 5.74) is -0.433. The molecule has 0 aliphatic carbocycles. The molecule has 2 amide bonds. The first-order valence-corrected chi connectivity index (χ1v) is 12.7. The van der Waals surface area contributed by atoms with Gasteiger partial charge in [-0.25, -0.2) is 13.6 Å². The van der Waals surface area contributed by atoms with Gasteiger partial charge in [-0.05, 0) is 70.4 Å². The lowest BCUT2D eigenvalue weighted by atomic mass is 10.0. The highest BCUT2D eigenvalue weighted by Gasteiger charge is 2.23. The van der Waals surface area contributed by atoms with Gasteiger partial charge in [-0.1, -0.05) is 12.1 Å². The third-order valence-corrected chi connectivity index (χ3v) is 5.20. The molecule has 8 nitrogen and oxygen atoms in total. The standard InChI is InChI=1S/C28H35F3N2O6/c1-28(2,3)39-27(36)32-15-5-4-13-23(24(34)18-38-25-21(30)11-7-12-22(25)31)33-26(35)19-9-6-10-20(17-19)37-16-8-14-29/h6-7,9-12,17,23H,4-5,8,13-16,18H2,1-3H3,(H,32,36)(H,33,35)/t23-/m0/s1. The van der Waals surface area contributed by atoms with Crippen LogP contribution in [0.4, 0.5) is 18.0 Å². The predicted octanol–water partition coefficient (Wildman–Crippen LogP) is 5.14. The second-order valence-electron chi connectivity index (χ2n) is 9.68. The Morgan fingerprint density at radius 2 is 1.64 bits per heavy atom. The fraction of sp³-hybridized carbons (Fsp3) is 0.464. The van der Waals surface area contributed by atoms with Crippen LogP contribution in [0, 0.1) is 11.6 Å². The lowest BCUT2D eigenvalue weighted by molar-refractivity contribution is -0.123. The van der Waals surface area contributed by atoms with Gasteiger partial charge in [0, 0.05) is 18.5 Å². The number of Topliss-reactive ketones (excluding diaryl/α,β-unsaturated/α-hetero) is 1. The van der Waals surface area contributed by atoms with Crippen molar-refractivity contribution in [3.8, 4) is 11.5 Å². The topological polar surface area (TPSA) is 103 Å². The van der Waals surface area contributed by atoms with E-state index in [1.165, 1.54) is 18.2 Å². The lowest BCUT2D eigenvalue weighted by Crippen LogP contribution is -2.43. The molecule has 0 fully saturated rings. The SMILES string of the molecule is CC(C)(C)OC(=O)NCCCC[C@H](NC(=O)c1cccc(OCCCF)c1)C(=O)COc1c(F)cccc1F. The average molecular weight is 553 g/mol. The number of benzene rings is 2. The Morgan fingerprint density at radius 3 is 2.31 bits per heavy atom. The third-order valence-electron chi connectivity index (χ3n) is 5.20. The number of ketones is 1. The minimum absolute atomic E-state index is 0.143. The third kappa shape index (κ3) is 11.7. The van der Waals surface area contributed by atoms with Gasteiger partial charge in [-0.3, -0.25) is 14.0 Å². The number of amides is 2. The lowest BCUT2D eigenvalue weighted by Gasteiger charge is -2.20. The zero-order valence-electron chi connectivity index (χ0n) is 22.4. The summed E-state index contributed by atoms with van der Waals surface area (Å²) in [6.45, 7) is 4.44. The molecule has 2 N–H and O–H groups in total. The van der Waals surface area contributed by atoms with Gasteiger partial charge in [-0.15, -0.1) is 0 Å². The summed E-state index contributed by atoms with van der Waals surface area (Å²) < 4.78 is 55.9. The van der Waals surface area contributed by atoms with E-state index >= 15 is 0 Å². The Balaban J connectivity index is 2.02. The van der Waals surface area contributed by atoms with Crippen molar-refractivity contribution in [1.29, 1.82) is 0 Å². The van der Waals surface area contributed by atoms with E-state index in [1.807, 2.05) is 0 Å². The van der Waals surface area contributed by atoms with Crippen molar-refractivity contribution in [2.75, 3.05) is 26.4 Å². The van der Waals surface area contributed by atoms with E-state index in [2.05, 4.69) is 10.6 Å². The van der Waals surface area contributed by atoms with Crippen molar-refractivity contribution in [3.05, 3.63) is 59.7 Å². The zero-order valence-corrected chi connectivity index (χ0v) is 22.4. The number of hydrogen-bond acceptors (Lipinski definition) is 6. The van der Waals surface area contributed by atoms with Gasteiger partial charge < -0.3 is 24.8 Å². The average Bonchev–Trinajstić information content (AvgIpc) is 2.86. The fourth-order valence-electron chi connectivity index (χ4n) is 3.37. The number of unbranched alkanes of at least 4 members (excludes halogenated alkanes) is 1. The minimum atomic E-state index is -1.04. The first-order chi connectivity index (χ1) is 18.5. The van der Waals surface area contributed by atoms with Gasteiger partial charge in [0.1, 0.15) is 18.0 Å². The number of alkyl carbamates (subject to hydrolysis) is 1. The van der Waals surface area contributed by atoms with Gasteiger partial charge in [0.25, 0.3) is 5.91 Å². The number of hydrogen-bond donors (Lipinski definition) is 2. The van der Waals surface area contributed by atoms with Gasteiger partial charge in [0.15, 0.2) is 23.2 Å². The summed E-state index contributed by atoms with van der Waals surface area (Å²) in [4.78, 5) is 37.7. The molecule has 1 atom stereocenters. The Bertz CT molecular complexity index is 1090. The molecule has 0 saturated carbocycles. The van der Waals surface area contributed by atoms with Gasteiger partial charge >= 0.3 is 6.09 Å². The molecule has 2 rings (SSSR count). The number of carbonyl (C=O) groups is 3. The van der Waals surface area contributed by atoms with Gasteiger partial charge in [0.05, 0.1) is 19.3 Å². The molecule has 0 bridgehead atoms. The van der Waals surface area contributed by atoms with Crippen LogP contribution in [0.2, 0.25) is 0 Å². The van der Waals surface area contributed by atoms with Crippen LogP contribution in [0.25, 0.3) is 0 Å². The van der Waals surface area contributed by atoms with E-state index in [-0.39, 0.29) is 31.6 Å². The summed E-state index contributed by atoms with van der Waals surface area (Å²) >= 11 is 0. The van der Waals surface area contributed by atoms with E-state index in [0.717, 1.165) is 12.1 Å². The van der Waals surface area contributed by atoms with E-state index in [4.69, 9.17) is 14.2 Å². The van der Waals surface area contributed by atoms with Crippen molar-refractivity contribution >= 4 is 17.8 Å². The van der Waals surface area contributed by atoms with E-state index in [1.54, 1.807) is 32.9 Å². The second kappa shape index (κ2) is 15.6. The zero-order chi connectivity index (χ0) is 28.8. The summed E-state index contributed by atoms with van der Waals surface area (Å²) in [5, 5.41) is 5.26. The minimum Gasteiger partial charge on any atom is -0.493 e. The van der Waals surface area contributed by atoms with Crippen LogP contribution in [0.1, 0.15) is 56.8 Å². The first kappa shape index (κ1) is 31.5. The number of ether oxygens (including phenoxy) is 3. The molecule has 2 aromatic rings. The molecule has 0 aromatic heterocycles. The molecule has 0 aliphatic rings. The molecule has 0 saturated heterocycles. The van der Waals surface area contributed by atoms with E-state index in [9.17, 15) is 27.6 Å². The molecule has 2 aromatic carbocycles. The molecule has 214 valence electrons. The van der Waals surface area contributed by atoms with Crippen molar-refractivity contribution in [2.45, 2.75) is 58.1 Å². The summed E-state index contributed by atoms with van der Waals surface area (Å²) in [6.07, 6.45) is 0.707. The molecule has 11 heteroatoms. The smallest absolute Gasteiger partial charge is 0.407 e. The molecule has 39 heavy (non-hydrogen) atoms. The number of para-hydroxylation sites is 1. The molecule has 0 heterocycles. The van der Waals surface area contributed by atoms with Crippen LogP contribution in [-0.2, 0) is 9.53 Å². The number of carbonyl (C=O) groups excluding carboxylic acids is 3. The highest BCUT2D eigenvalue weighted by atomic mass is 19.1. The van der Waals surface area contributed by atoms with Crippen LogP contribution in [0.15, 0.2) is 42.5 Å². The Labute approximate surface area is 226 Å². The van der Waals surface area contributed by atoms with Crippen LogP contribution < -0.4 is 20.1 Å². The molecule has 0 aliphatic heterocycles. The van der Waals surface area contributed by atoms with E-state index < -0.39 is 60.1 Å². The Kier molecular flexibility index (Phi) is 12.6. The molecule has 0 radical (unpaired) electrons. The monoisotopic (exact) mass is 552 g/mol.